The standard InChI is InChI=1S/C17H22N6O4/c1-26-13-8-7-11(9-14(13)27-2)16-20-22-23(21-16)10-15(24)19-17(25)18-12-5-3-4-6-12/h7-9,12H,3-6,10H2,1-2H3,(H2,18,19,24,25). The molecule has 0 saturated heterocycles. The Hall–Kier alpha value is -3.17. The van der Waals surface area contributed by atoms with Crippen molar-refractivity contribution in [3.05, 3.63) is 18.2 Å². The lowest BCUT2D eigenvalue weighted by molar-refractivity contribution is -0.121. The summed E-state index contributed by atoms with van der Waals surface area (Å²) >= 11 is 0. The summed E-state index contributed by atoms with van der Waals surface area (Å²) < 4.78 is 10.4. The maximum Gasteiger partial charge on any atom is 0.321 e. The second-order valence-corrected chi connectivity index (χ2v) is 6.22. The number of carbonyl (C=O) groups is 2. The summed E-state index contributed by atoms with van der Waals surface area (Å²) in [6, 6.07) is 4.85. The predicted octanol–water partition coefficient (Wildman–Crippen LogP) is 1.13. The van der Waals surface area contributed by atoms with Gasteiger partial charge in [0.05, 0.1) is 14.2 Å². The highest BCUT2D eigenvalue weighted by atomic mass is 16.5. The van der Waals surface area contributed by atoms with Crippen molar-refractivity contribution in [1.29, 1.82) is 0 Å². The van der Waals surface area contributed by atoms with Crippen LogP contribution in [-0.2, 0) is 11.3 Å². The van der Waals surface area contributed by atoms with Gasteiger partial charge in [0, 0.05) is 11.6 Å². The Bertz CT molecular complexity index is 816. The molecule has 1 aromatic heterocycles. The van der Waals surface area contributed by atoms with Gasteiger partial charge in [-0.25, -0.2) is 4.79 Å². The van der Waals surface area contributed by atoms with Gasteiger partial charge in [0.2, 0.25) is 5.82 Å². The van der Waals surface area contributed by atoms with Gasteiger partial charge in [0.1, 0.15) is 6.54 Å². The van der Waals surface area contributed by atoms with Crippen LogP contribution in [-0.4, -0.2) is 52.4 Å². The van der Waals surface area contributed by atoms with Crippen molar-refractivity contribution in [3.8, 4) is 22.9 Å². The van der Waals surface area contributed by atoms with Crippen molar-refractivity contribution >= 4 is 11.9 Å². The first-order valence-electron chi connectivity index (χ1n) is 8.69. The molecule has 27 heavy (non-hydrogen) atoms. The van der Waals surface area contributed by atoms with Crippen LogP contribution in [0.3, 0.4) is 0 Å². The molecule has 1 aromatic carbocycles. The lowest BCUT2D eigenvalue weighted by atomic mass is 10.2. The Morgan fingerprint density at radius 1 is 1.19 bits per heavy atom. The van der Waals surface area contributed by atoms with Gasteiger partial charge in [-0.3, -0.25) is 10.1 Å². The molecule has 1 heterocycles. The Labute approximate surface area is 156 Å². The molecule has 1 aliphatic rings. The number of amides is 3. The SMILES string of the molecule is COc1ccc(-c2nnn(CC(=O)NC(=O)NC3CCCC3)n2)cc1OC. The van der Waals surface area contributed by atoms with E-state index in [-0.39, 0.29) is 12.6 Å². The molecule has 0 bridgehead atoms. The number of nitrogens with one attached hydrogen (secondary N) is 2. The highest BCUT2D eigenvalue weighted by Gasteiger charge is 2.19. The summed E-state index contributed by atoms with van der Waals surface area (Å²) in [5.74, 6) is 0.940. The first-order valence-corrected chi connectivity index (χ1v) is 8.69. The first kappa shape index (κ1) is 18.6. The molecule has 3 amide bonds. The number of methoxy groups -OCH3 is 2. The van der Waals surface area contributed by atoms with Crippen molar-refractivity contribution < 1.29 is 19.1 Å². The van der Waals surface area contributed by atoms with Crippen LogP contribution >= 0.6 is 0 Å². The van der Waals surface area contributed by atoms with E-state index < -0.39 is 11.9 Å². The summed E-state index contributed by atoms with van der Waals surface area (Å²) in [7, 11) is 3.08. The van der Waals surface area contributed by atoms with E-state index in [9.17, 15) is 9.59 Å². The summed E-state index contributed by atoms with van der Waals surface area (Å²) in [6.07, 6.45) is 4.09. The number of aromatic nitrogens is 4. The van der Waals surface area contributed by atoms with E-state index in [1.54, 1.807) is 25.3 Å². The van der Waals surface area contributed by atoms with Gasteiger partial charge in [0.25, 0.3) is 5.91 Å². The molecule has 144 valence electrons. The molecule has 0 aliphatic heterocycles. The number of hydrogen-bond acceptors (Lipinski definition) is 7. The number of rotatable bonds is 6. The first-order chi connectivity index (χ1) is 13.1. The highest BCUT2D eigenvalue weighted by Crippen LogP contribution is 2.30. The molecule has 2 N–H and O–H groups in total. The van der Waals surface area contributed by atoms with E-state index in [4.69, 9.17) is 9.47 Å². The highest BCUT2D eigenvalue weighted by molar-refractivity contribution is 5.94. The molecule has 2 aromatic rings. The molecule has 0 atom stereocenters. The molecule has 1 aliphatic carbocycles. The third kappa shape index (κ3) is 4.72. The number of imide groups is 1. The predicted molar refractivity (Wildman–Crippen MR) is 95.3 cm³/mol. The van der Waals surface area contributed by atoms with Gasteiger partial charge >= 0.3 is 6.03 Å². The molecular weight excluding hydrogens is 352 g/mol. The Morgan fingerprint density at radius 2 is 1.93 bits per heavy atom. The van der Waals surface area contributed by atoms with E-state index >= 15 is 0 Å². The van der Waals surface area contributed by atoms with E-state index in [0.717, 1.165) is 30.5 Å². The zero-order valence-corrected chi connectivity index (χ0v) is 15.3. The number of ether oxygens (including phenoxy) is 2. The maximum absolute atomic E-state index is 12.0. The number of hydrogen-bond donors (Lipinski definition) is 2. The molecule has 1 fully saturated rings. The van der Waals surface area contributed by atoms with Gasteiger partial charge in [-0.2, -0.15) is 4.80 Å². The number of tetrazole rings is 1. The molecule has 0 unspecified atom stereocenters. The molecule has 10 nitrogen and oxygen atoms in total. The summed E-state index contributed by atoms with van der Waals surface area (Å²) in [5, 5.41) is 17.0. The van der Waals surface area contributed by atoms with E-state index in [1.807, 2.05) is 0 Å². The average molecular weight is 374 g/mol. The number of urea groups is 1. The summed E-state index contributed by atoms with van der Waals surface area (Å²) in [5.41, 5.74) is 0.665. The molecule has 3 rings (SSSR count). The minimum Gasteiger partial charge on any atom is -0.493 e. The van der Waals surface area contributed by atoms with Crippen LogP contribution in [0, 0.1) is 0 Å². The van der Waals surface area contributed by atoms with Gasteiger partial charge in [0.15, 0.2) is 11.5 Å². The van der Waals surface area contributed by atoms with Gasteiger partial charge < -0.3 is 14.8 Å². The topological polar surface area (TPSA) is 120 Å². The Morgan fingerprint density at radius 3 is 2.63 bits per heavy atom. The average Bonchev–Trinajstić information content (AvgIpc) is 3.33. The largest absolute Gasteiger partial charge is 0.493 e. The van der Waals surface area contributed by atoms with Crippen LogP contribution in [0.2, 0.25) is 0 Å². The number of benzene rings is 1. The fourth-order valence-corrected chi connectivity index (χ4v) is 2.99. The molecule has 1 saturated carbocycles. The minimum atomic E-state index is -0.512. The molecule has 10 heteroatoms. The van der Waals surface area contributed by atoms with E-state index in [1.165, 1.54) is 7.11 Å². The fraction of sp³-hybridized carbons (Fsp3) is 0.471. The van der Waals surface area contributed by atoms with Crippen LogP contribution in [0.4, 0.5) is 4.79 Å². The quantitative estimate of drug-likeness (QED) is 0.777. The van der Waals surface area contributed by atoms with E-state index in [2.05, 4.69) is 26.0 Å². The van der Waals surface area contributed by atoms with Crippen LogP contribution in [0.15, 0.2) is 18.2 Å². The zero-order chi connectivity index (χ0) is 19.2. The second-order valence-electron chi connectivity index (χ2n) is 6.22. The normalized spacial score (nSPS) is 14.0. The minimum absolute atomic E-state index is 0.138. The Balaban J connectivity index is 1.58. The maximum atomic E-state index is 12.0. The third-order valence-corrected chi connectivity index (χ3v) is 4.32. The van der Waals surface area contributed by atoms with Crippen LogP contribution in [0.1, 0.15) is 25.7 Å². The van der Waals surface area contributed by atoms with Gasteiger partial charge in [-0.15, -0.1) is 10.2 Å². The lowest BCUT2D eigenvalue weighted by Crippen LogP contribution is -2.44. The van der Waals surface area contributed by atoms with Crippen molar-refractivity contribution in [2.75, 3.05) is 14.2 Å². The van der Waals surface area contributed by atoms with Crippen molar-refractivity contribution in [1.82, 2.24) is 30.8 Å². The van der Waals surface area contributed by atoms with Gasteiger partial charge in [-0.1, -0.05) is 12.8 Å². The lowest BCUT2D eigenvalue weighted by Gasteiger charge is -2.11. The molecule has 0 spiro atoms. The molecule has 0 radical (unpaired) electrons. The number of carbonyl (C=O) groups excluding carboxylic acids is 2. The van der Waals surface area contributed by atoms with Crippen molar-refractivity contribution in [2.24, 2.45) is 0 Å². The van der Waals surface area contributed by atoms with Crippen LogP contribution in [0.25, 0.3) is 11.4 Å². The van der Waals surface area contributed by atoms with Crippen LogP contribution < -0.4 is 20.1 Å². The zero-order valence-electron chi connectivity index (χ0n) is 15.3. The monoisotopic (exact) mass is 374 g/mol. The van der Waals surface area contributed by atoms with Crippen molar-refractivity contribution in [3.63, 3.8) is 0 Å². The van der Waals surface area contributed by atoms with E-state index in [0.29, 0.717) is 22.9 Å². The van der Waals surface area contributed by atoms with Gasteiger partial charge in [-0.05, 0) is 36.3 Å². The Kier molecular flexibility index (Phi) is 5.84. The smallest absolute Gasteiger partial charge is 0.321 e. The summed E-state index contributed by atoms with van der Waals surface area (Å²) in [6.45, 7) is -0.210. The molecular formula is C17H22N6O4. The number of nitrogens with zero attached hydrogens (tertiary/aromatic N) is 4. The third-order valence-electron chi connectivity index (χ3n) is 4.32. The van der Waals surface area contributed by atoms with Crippen molar-refractivity contribution in [2.45, 2.75) is 38.3 Å². The fourth-order valence-electron chi connectivity index (χ4n) is 2.99. The summed E-state index contributed by atoms with van der Waals surface area (Å²) in [4.78, 5) is 24.9. The second kappa shape index (κ2) is 8.47. The van der Waals surface area contributed by atoms with Crippen LogP contribution in [0.5, 0.6) is 11.5 Å².